The molecule has 9 heteroatoms. The fraction of sp³-hybridized carbons (Fsp3) is 0.0741. The van der Waals surface area contributed by atoms with Crippen molar-refractivity contribution in [2.75, 3.05) is 6.26 Å². The number of halogens is 3. The molecule has 0 atom stereocenters. The van der Waals surface area contributed by atoms with Gasteiger partial charge in [-0.1, -0.05) is 41.9 Å². The molecule has 5 aromatic rings. The van der Waals surface area contributed by atoms with Crippen molar-refractivity contribution >= 4 is 43.5 Å². The van der Waals surface area contributed by atoms with Crippen LogP contribution in [-0.4, -0.2) is 19.2 Å². The maximum atomic E-state index is 14.5. The van der Waals surface area contributed by atoms with Gasteiger partial charge < -0.3 is 4.57 Å². The molecule has 0 fully saturated rings. The van der Waals surface area contributed by atoms with Crippen LogP contribution in [0.3, 0.4) is 0 Å². The van der Waals surface area contributed by atoms with Gasteiger partial charge in [-0.15, -0.1) is 11.3 Å². The van der Waals surface area contributed by atoms with E-state index in [4.69, 9.17) is 11.6 Å². The van der Waals surface area contributed by atoms with E-state index in [0.29, 0.717) is 16.5 Å². The van der Waals surface area contributed by atoms with E-state index in [1.54, 1.807) is 42.5 Å². The van der Waals surface area contributed by atoms with Crippen molar-refractivity contribution in [3.8, 4) is 21.0 Å². The van der Waals surface area contributed by atoms with E-state index >= 15 is 0 Å². The zero-order valence-electron chi connectivity index (χ0n) is 18.8. The highest BCUT2D eigenvalue weighted by Gasteiger charge is 2.17. The summed E-state index contributed by atoms with van der Waals surface area (Å²) < 4.78 is 53.0. The van der Waals surface area contributed by atoms with Gasteiger partial charge in [-0.3, -0.25) is 4.79 Å². The molecule has 36 heavy (non-hydrogen) atoms. The number of thiophene rings is 1. The molecule has 3 aromatic carbocycles. The monoisotopic (exact) mass is 541 g/mol. The first kappa shape index (κ1) is 24.4. The van der Waals surface area contributed by atoms with Gasteiger partial charge in [-0.25, -0.2) is 17.2 Å². The number of fused-ring (bicyclic) bond motifs is 1. The molecule has 0 amide bonds. The number of hydrogen-bond acceptors (Lipinski definition) is 4. The third-order valence-corrected chi connectivity index (χ3v) is 8.46. The lowest BCUT2D eigenvalue weighted by Gasteiger charge is -2.15. The molecule has 0 aliphatic heterocycles. The first-order valence-electron chi connectivity index (χ1n) is 10.8. The zero-order chi connectivity index (χ0) is 25.6. The van der Waals surface area contributed by atoms with Crippen LogP contribution in [0.25, 0.3) is 31.8 Å². The van der Waals surface area contributed by atoms with Crippen molar-refractivity contribution < 1.29 is 17.2 Å². The van der Waals surface area contributed by atoms with Gasteiger partial charge in [0, 0.05) is 22.8 Å². The first-order valence-corrected chi connectivity index (χ1v) is 13.9. The number of rotatable bonds is 5. The normalized spacial score (nSPS) is 11.8. The molecular formula is C27H18ClF2NO3S2. The molecule has 0 aliphatic rings. The topological polar surface area (TPSA) is 56.1 Å². The standard InChI is InChI=1S/C27H18ClF2NO3S2/c1-36(33,34)20-9-6-16(7-10-20)24-11-12-25(35-24)23-13-17-3-2-4-21(28)26(17)27(32)31(23)15-18-5-8-19(29)14-22(18)30/h2-14H,15H2,1H3. The second-order valence-electron chi connectivity index (χ2n) is 8.32. The van der Waals surface area contributed by atoms with E-state index in [2.05, 4.69) is 0 Å². The Hall–Kier alpha value is -3.33. The minimum Gasteiger partial charge on any atom is -0.302 e. The number of nitrogens with zero attached hydrogens (tertiary/aromatic N) is 1. The third-order valence-electron chi connectivity index (χ3n) is 5.86. The van der Waals surface area contributed by atoms with E-state index in [0.717, 1.165) is 33.7 Å². The van der Waals surface area contributed by atoms with Crippen LogP contribution in [0.1, 0.15) is 5.56 Å². The SMILES string of the molecule is CS(=O)(=O)c1ccc(-c2ccc(-c3cc4cccc(Cl)c4c(=O)n3Cc3ccc(F)cc3F)s2)cc1. The van der Waals surface area contributed by atoms with Crippen molar-refractivity contribution in [1.82, 2.24) is 4.57 Å². The maximum absolute atomic E-state index is 14.5. The summed E-state index contributed by atoms with van der Waals surface area (Å²) >= 11 is 7.75. The van der Waals surface area contributed by atoms with Gasteiger partial charge in [0.2, 0.25) is 0 Å². The van der Waals surface area contributed by atoms with E-state index in [9.17, 15) is 22.0 Å². The Morgan fingerprint density at radius 2 is 1.64 bits per heavy atom. The summed E-state index contributed by atoms with van der Waals surface area (Å²) in [4.78, 5) is 15.4. The highest BCUT2D eigenvalue weighted by atomic mass is 35.5. The molecule has 0 aliphatic carbocycles. The summed E-state index contributed by atoms with van der Waals surface area (Å²) in [7, 11) is -3.31. The number of benzene rings is 3. The summed E-state index contributed by atoms with van der Waals surface area (Å²) in [5, 5.41) is 1.25. The van der Waals surface area contributed by atoms with E-state index in [1.165, 1.54) is 22.0 Å². The van der Waals surface area contributed by atoms with Gasteiger partial charge in [-0.05, 0) is 53.4 Å². The van der Waals surface area contributed by atoms with Crippen LogP contribution in [0.2, 0.25) is 5.02 Å². The molecule has 0 spiro atoms. The van der Waals surface area contributed by atoms with E-state index < -0.39 is 21.5 Å². The second-order valence-corrected chi connectivity index (χ2v) is 11.8. The third kappa shape index (κ3) is 4.59. The minimum atomic E-state index is -3.31. The number of sulfone groups is 1. The lowest BCUT2D eigenvalue weighted by atomic mass is 10.1. The smallest absolute Gasteiger partial charge is 0.260 e. The molecule has 5 rings (SSSR count). The van der Waals surface area contributed by atoms with Crippen molar-refractivity contribution in [2.45, 2.75) is 11.4 Å². The van der Waals surface area contributed by atoms with Crippen molar-refractivity contribution in [2.24, 2.45) is 0 Å². The van der Waals surface area contributed by atoms with Gasteiger partial charge in [-0.2, -0.15) is 0 Å². The van der Waals surface area contributed by atoms with Gasteiger partial charge in [0.15, 0.2) is 9.84 Å². The Morgan fingerprint density at radius 3 is 2.33 bits per heavy atom. The number of hydrogen-bond donors (Lipinski definition) is 0. The van der Waals surface area contributed by atoms with Crippen molar-refractivity contribution in [3.05, 3.63) is 111 Å². The van der Waals surface area contributed by atoms with Crippen LogP contribution in [0.5, 0.6) is 0 Å². The molecule has 0 saturated carbocycles. The highest BCUT2D eigenvalue weighted by molar-refractivity contribution is 7.90. The van der Waals surface area contributed by atoms with E-state index in [1.807, 2.05) is 18.2 Å². The van der Waals surface area contributed by atoms with Crippen LogP contribution in [0.4, 0.5) is 8.78 Å². The Morgan fingerprint density at radius 1 is 0.917 bits per heavy atom. The summed E-state index contributed by atoms with van der Waals surface area (Å²) in [6.07, 6.45) is 1.15. The lowest BCUT2D eigenvalue weighted by Crippen LogP contribution is -2.23. The molecule has 0 N–H and O–H groups in total. The van der Waals surface area contributed by atoms with E-state index in [-0.39, 0.29) is 27.6 Å². The molecule has 0 radical (unpaired) electrons. The largest absolute Gasteiger partial charge is 0.302 e. The van der Waals surface area contributed by atoms with Crippen LogP contribution >= 0.6 is 22.9 Å². The van der Waals surface area contributed by atoms with Crippen LogP contribution in [0, 0.1) is 11.6 Å². The summed E-state index contributed by atoms with van der Waals surface area (Å²) in [5.74, 6) is -1.44. The molecule has 0 bridgehead atoms. The predicted octanol–water partition coefficient (Wildman–Crippen LogP) is 6.78. The van der Waals surface area contributed by atoms with Gasteiger partial charge in [0.05, 0.1) is 32.4 Å². The summed E-state index contributed by atoms with van der Waals surface area (Å²) in [6.45, 7) is -0.113. The average Bonchev–Trinajstić information content (AvgIpc) is 3.32. The van der Waals surface area contributed by atoms with Crippen molar-refractivity contribution in [3.63, 3.8) is 0 Å². The average molecular weight is 542 g/mol. The second kappa shape index (κ2) is 9.28. The fourth-order valence-electron chi connectivity index (χ4n) is 4.03. The summed E-state index contributed by atoms with van der Waals surface area (Å²) in [5.41, 5.74) is 1.16. The minimum absolute atomic E-state index is 0.113. The van der Waals surface area contributed by atoms with Crippen LogP contribution in [-0.2, 0) is 16.4 Å². The quantitative estimate of drug-likeness (QED) is 0.246. The molecule has 2 heterocycles. The fourth-order valence-corrected chi connectivity index (χ4v) is 5.96. The highest BCUT2D eigenvalue weighted by Crippen LogP contribution is 2.36. The van der Waals surface area contributed by atoms with Crippen molar-refractivity contribution in [1.29, 1.82) is 0 Å². The molecule has 0 unspecified atom stereocenters. The van der Waals surface area contributed by atoms with Gasteiger partial charge >= 0.3 is 0 Å². The number of aromatic nitrogens is 1. The van der Waals surface area contributed by atoms with Crippen LogP contribution < -0.4 is 5.56 Å². The predicted molar refractivity (Wildman–Crippen MR) is 141 cm³/mol. The van der Waals surface area contributed by atoms with Gasteiger partial charge in [0.25, 0.3) is 5.56 Å². The molecule has 2 aromatic heterocycles. The number of pyridine rings is 1. The summed E-state index contributed by atoms with van der Waals surface area (Å²) in [6, 6.07) is 20.5. The Kier molecular flexibility index (Phi) is 6.28. The van der Waals surface area contributed by atoms with Crippen LogP contribution in [0.15, 0.2) is 88.6 Å². The first-order chi connectivity index (χ1) is 17.1. The lowest BCUT2D eigenvalue weighted by molar-refractivity contribution is 0.565. The van der Waals surface area contributed by atoms with Gasteiger partial charge in [0.1, 0.15) is 11.6 Å². The molecular weight excluding hydrogens is 524 g/mol. The Labute approximate surface area is 215 Å². The molecule has 182 valence electrons. The molecule has 0 saturated heterocycles. The maximum Gasteiger partial charge on any atom is 0.260 e. The Bertz CT molecular complexity index is 1790. The molecule has 4 nitrogen and oxygen atoms in total. The zero-order valence-corrected chi connectivity index (χ0v) is 21.2. The Balaban J connectivity index is 1.65.